The molecule has 0 radical (unpaired) electrons. The Hall–Kier alpha value is -1.35. The van der Waals surface area contributed by atoms with Crippen LogP contribution in [-0.2, 0) is 4.79 Å². The van der Waals surface area contributed by atoms with E-state index in [0.29, 0.717) is 12.0 Å². The highest BCUT2D eigenvalue weighted by atomic mass is 16.1. The Labute approximate surface area is 122 Å². The molecule has 1 fully saturated rings. The van der Waals surface area contributed by atoms with Gasteiger partial charge in [-0.3, -0.25) is 4.79 Å². The van der Waals surface area contributed by atoms with E-state index in [4.69, 9.17) is 0 Å². The van der Waals surface area contributed by atoms with Crippen LogP contribution in [0.1, 0.15) is 50.7 Å². The smallest absolute Gasteiger partial charge is 0.228 e. The zero-order chi connectivity index (χ0) is 14.7. The number of carbonyl (C=O) groups is 1. The summed E-state index contributed by atoms with van der Waals surface area (Å²) in [5, 5.41) is 6.56. The average molecular weight is 274 g/mol. The van der Waals surface area contributed by atoms with Gasteiger partial charge in [0.1, 0.15) is 0 Å². The lowest BCUT2D eigenvalue weighted by molar-refractivity contribution is -0.120. The first kappa shape index (κ1) is 15.0. The minimum Gasteiger partial charge on any atom is -0.325 e. The Morgan fingerprint density at radius 2 is 2.10 bits per heavy atom. The number of piperidine rings is 1. The topological polar surface area (TPSA) is 41.1 Å². The zero-order valence-corrected chi connectivity index (χ0v) is 13.0. The summed E-state index contributed by atoms with van der Waals surface area (Å²) in [4.78, 5) is 12.5. The van der Waals surface area contributed by atoms with E-state index >= 15 is 0 Å². The van der Waals surface area contributed by atoms with Gasteiger partial charge in [-0.15, -0.1) is 0 Å². The molecule has 1 aliphatic heterocycles. The van der Waals surface area contributed by atoms with Crippen LogP contribution in [-0.4, -0.2) is 18.5 Å². The number of amides is 1. The Morgan fingerprint density at radius 3 is 2.70 bits per heavy atom. The van der Waals surface area contributed by atoms with Crippen molar-refractivity contribution in [2.24, 2.45) is 5.92 Å². The maximum Gasteiger partial charge on any atom is 0.228 e. The predicted molar refractivity (Wildman–Crippen MR) is 84.1 cm³/mol. The lowest BCUT2D eigenvalue weighted by Gasteiger charge is -2.27. The summed E-state index contributed by atoms with van der Waals surface area (Å²) in [6.07, 6.45) is 2.05. The highest BCUT2D eigenvalue weighted by molar-refractivity contribution is 5.94. The number of rotatable bonds is 3. The van der Waals surface area contributed by atoms with E-state index in [1.165, 1.54) is 5.56 Å². The Bertz CT molecular complexity index is 474. The second kappa shape index (κ2) is 6.40. The molecule has 1 aliphatic rings. The van der Waals surface area contributed by atoms with Crippen LogP contribution in [0.25, 0.3) is 0 Å². The van der Waals surface area contributed by atoms with Crippen LogP contribution in [0, 0.1) is 12.8 Å². The van der Waals surface area contributed by atoms with E-state index in [1.807, 2.05) is 0 Å². The first-order chi connectivity index (χ1) is 9.49. The SMILES string of the molecule is Cc1cccc(C(C)C)c1NC(=O)C1CCC(C)NC1. The normalized spacial score (nSPS) is 22.9. The number of hydrogen-bond acceptors (Lipinski definition) is 2. The van der Waals surface area contributed by atoms with Gasteiger partial charge in [0.05, 0.1) is 5.92 Å². The summed E-state index contributed by atoms with van der Waals surface area (Å²) in [6.45, 7) is 9.34. The minimum atomic E-state index is 0.0887. The maximum atomic E-state index is 12.5. The molecule has 20 heavy (non-hydrogen) atoms. The van der Waals surface area contributed by atoms with Crippen molar-refractivity contribution in [1.29, 1.82) is 0 Å². The first-order valence-electron chi connectivity index (χ1n) is 7.62. The Morgan fingerprint density at radius 1 is 1.35 bits per heavy atom. The third kappa shape index (κ3) is 3.40. The van der Waals surface area contributed by atoms with E-state index in [2.05, 4.69) is 56.5 Å². The van der Waals surface area contributed by atoms with Gasteiger partial charge in [0.15, 0.2) is 0 Å². The van der Waals surface area contributed by atoms with Gasteiger partial charge in [0, 0.05) is 18.3 Å². The Kier molecular flexibility index (Phi) is 4.81. The number of benzene rings is 1. The number of nitrogens with one attached hydrogen (secondary N) is 2. The van der Waals surface area contributed by atoms with Crippen molar-refractivity contribution in [2.45, 2.75) is 52.5 Å². The first-order valence-corrected chi connectivity index (χ1v) is 7.62. The van der Waals surface area contributed by atoms with Crippen LogP contribution >= 0.6 is 0 Å². The Balaban J connectivity index is 2.11. The number of aryl methyl sites for hydroxylation is 1. The van der Waals surface area contributed by atoms with Crippen molar-refractivity contribution >= 4 is 11.6 Å². The highest BCUT2D eigenvalue weighted by Gasteiger charge is 2.24. The number of anilines is 1. The van der Waals surface area contributed by atoms with E-state index < -0.39 is 0 Å². The van der Waals surface area contributed by atoms with Crippen LogP contribution in [0.2, 0.25) is 0 Å². The zero-order valence-electron chi connectivity index (χ0n) is 13.0. The summed E-state index contributed by atoms with van der Waals surface area (Å²) in [5.41, 5.74) is 3.36. The highest BCUT2D eigenvalue weighted by Crippen LogP contribution is 2.28. The van der Waals surface area contributed by atoms with Gasteiger partial charge in [-0.25, -0.2) is 0 Å². The van der Waals surface area contributed by atoms with Crippen LogP contribution < -0.4 is 10.6 Å². The molecule has 0 saturated carbocycles. The van der Waals surface area contributed by atoms with Crippen molar-refractivity contribution in [3.63, 3.8) is 0 Å². The fourth-order valence-electron chi connectivity index (χ4n) is 2.79. The molecule has 0 aromatic heterocycles. The van der Waals surface area contributed by atoms with Gasteiger partial charge in [-0.05, 0) is 43.7 Å². The average Bonchev–Trinajstić information content (AvgIpc) is 2.41. The summed E-state index contributed by atoms with van der Waals surface area (Å²) >= 11 is 0. The largest absolute Gasteiger partial charge is 0.325 e. The fraction of sp³-hybridized carbons (Fsp3) is 0.588. The van der Waals surface area contributed by atoms with Crippen LogP contribution in [0.5, 0.6) is 0 Å². The second-order valence-electron chi connectivity index (χ2n) is 6.27. The molecule has 2 atom stereocenters. The van der Waals surface area contributed by atoms with Gasteiger partial charge in [-0.1, -0.05) is 32.0 Å². The van der Waals surface area contributed by atoms with E-state index in [0.717, 1.165) is 30.6 Å². The molecule has 3 heteroatoms. The van der Waals surface area contributed by atoms with E-state index in [-0.39, 0.29) is 11.8 Å². The quantitative estimate of drug-likeness (QED) is 0.886. The number of carbonyl (C=O) groups excluding carboxylic acids is 1. The summed E-state index contributed by atoms with van der Waals surface area (Å²) < 4.78 is 0. The van der Waals surface area contributed by atoms with Crippen molar-refractivity contribution in [3.05, 3.63) is 29.3 Å². The van der Waals surface area contributed by atoms with Gasteiger partial charge >= 0.3 is 0 Å². The molecule has 0 aliphatic carbocycles. The van der Waals surface area contributed by atoms with E-state index in [9.17, 15) is 4.79 Å². The molecule has 1 aromatic carbocycles. The standard InChI is InChI=1S/C17H26N2O/c1-11(2)15-7-5-6-12(3)16(15)19-17(20)14-9-8-13(4)18-10-14/h5-7,11,13-14,18H,8-10H2,1-4H3,(H,19,20). The third-order valence-corrected chi connectivity index (χ3v) is 4.21. The number of para-hydroxylation sites is 1. The fourth-order valence-corrected chi connectivity index (χ4v) is 2.79. The van der Waals surface area contributed by atoms with Crippen molar-refractivity contribution in [3.8, 4) is 0 Å². The van der Waals surface area contributed by atoms with Crippen molar-refractivity contribution in [1.82, 2.24) is 5.32 Å². The molecule has 2 N–H and O–H groups in total. The third-order valence-electron chi connectivity index (χ3n) is 4.21. The minimum absolute atomic E-state index is 0.0887. The van der Waals surface area contributed by atoms with Gasteiger partial charge in [0.2, 0.25) is 5.91 Å². The molecule has 1 amide bonds. The summed E-state index contributed by atoms with van der Waals surface area (Å²) in [7, 11) is 0. The molecular weight excluding hydrogens is 248 g/mol. The maximum absolute atomic E-state index is 12.5. The van der Waals surface area contributed by atoms with Gasteiger partial charge < -0.3 is 10.6 Å². The van der Waals surface area contributed by atoms with Gasteiger partial charge in [0.25, 0.3) is 0 Å². The molecule has 1 aromatic rings. The molecule has 0 bridgehead atoms. The molecular formula is C17H26N2O. The molecule has 3 nitrogen and oxygen atoms in total. The molecule has 2 unspecified atom stereocenters. The monoisotopic (exact) mass is 274 g/mol. The second-order valence-corrected chi connectivity index (χ2v) is 6.27. The van der Waals surface area contributed by atoms with Crippen LogP contribution in [0.4, 0.5) is 5.69 Å². The number of hydrogen-bond donors (Lipinski definition) is 2. The van der Waals surface area contributed by atoms with Crippen molar-refractivity contribution in [2.75, 3.05) is 11.9 Å². The molecule has 2 rings (SSSR count). The molecule has 1 saturated heterocycles. The molecule has 0 spiro atoms. The lowest BCUT2D eigenvalue weighted by Crippen LogP contribution is -2.42. The van der Waals surface area contributed by atoms with Crippen LogP contribution in [0.15, 0.2) is 18.2 Å². The molecule has 110 valence electrons. The summed E-state index contributed by atoms with van der Waals surface area (Å²) in [5.74, 6) is 0.654. The predicted octanol–water partition coefficient (Wildman–Crippen LogP) is 3.45. The van der Waals surface area contributed by atoms with Gasteiger partial charge in [-0.2, -0.15) is 0 Å². The van der Waals surface area contributed by atoms with E-state index in [1.54, 1.807) is 0 Å². The van der Waals surface area contributed by atoms with Crippen molar-refractivity contribution < 1.29 is 4.79 Å². The lowest BCUT2D eigenvalue weighted by atomic mass is 9.93. The van der Waals surface area contributed by atoms with Crippen LogP contribution in [0.3, 0.4) is 0 Å². The molecule has 1 heterocycles. The summed E-state index contributed by atoms with van der Waals surface area (Å²) in [6, 6.07) is 6.75.